The van der Waals surface area contributed by atoms with Gasteiger partial charge in [0.2, 0.25) is 5.91 Å². The number of methoxy groups -OCH3 is 1. The molecule has 1 aromatic rings. The van der Waals surface area contributed by atoms with Crippen molar-refractivity contribution in [1.29, 1.82) is 0 Å². The fourth-order valence-corrected chi connectivity index (χ4v) is 4.85. The highest BCUT2D eigenvalue weighted by atomic mass is 32.2. The third kappa shape index (κ3) is 5.89. The van der Waals surface area contributed by atoms with Crippen molar-refractivity contribution in [3.05, 3.63) is 29.8 Å². The summed E-state index contributed by atoms with van der Waals surface area (Å²) < 4.78 is 5.18. The van der Waals surface area contributed by atoms with E-state index in [1.165, 1.54) is 0 Å². The molecule has 2 atom stereocenters. The van der Waals surface area contributed by atoms with Crippen LogP contribution in [0, 0.1) is 5.92 Å². The summed E-state index contributed by atoms with van der Waals surface area (Å²) in [4.78, 5) is 27.8. The molecule has 1 fully saturated rings. The maximum absolute atomic E-state index is 13.2. The van der Waals surface area contributed by atoms with Gasteiger partial charge in [0.1, 0.15) is 11.8 Å². The molecule has 1 heterocycles. The summed E-state index contributed by atoms with van der Waals surface area (Å²) >= 11 is 1.71. The normalized spacial score (nSPS) is 19.4. The fraction of sp³-hybridized carbons (Fsp3) is 0.619. The number of rotatable bonds is 9. The van der Waals surface area contributed by atoms with Gasteiger partial charge < -0.3 is 15.0 Å². The standard InChI is InChI=1S/C21H32N2O3S/c1-5-6-7-12-22-20(24)18-14-27-19(13-15(2)3)23(18)21(25)16-8-10-17(26-4)11-9-16/h8-11,15,18-19H,5-7,12-14H2,1-4H3,(H,22,24). The van der Waals surface area contributed by atoms with Crippen LogP contribution in [0.25, 0.3) is 0 Å². The minimum atomic E-state index is -0.407. The van der Waals surface area contributed by atoms with Crippen LogP contribution in [0.4, 0.5) is 0 Å². The van der Waals surface area contributed by atoms with Crippen LogP contribution in [0.5, 0.6) is 5.75 Å². The van der Waals surface area contributed by atoms with E-state index in [-0.39, 0.29) is 17.2 Å². The lowest BCUT2D eigenvalue weighted by Gasteiger charge is -2.30. The zero-order valence-corrected chi connectivity index (χ0v) is 17.7. The predicted octanol–water partition coefficient (Wildman–Crippen LogP) is 3.93. The number of carbonyl (C=O) groups excluding carboxylic acids is 2. The Bertz CT molecular complexity index is 618. The number of benzene rings is 1. The highest BCUT2D eigenvalue weighted by Gasteiger charge is 2.41. The van der Waals surface area contributed by atoms with Gasteiger partial charge in [-0.1, -0.05) is 33.6 Å². The van der Waals surface area contributed by atoms with Crippen LogP contribution in [0.15, 0.2) is 24.3 Å². The summed E-state index contributed by atoms with van der Waals surface area (Å²) in [6.07, 6.45) is 4.08. The van der Waals surface area contributed by atoms with Gasteiger partial charge in [0.25, 0.3) is 5.91 Å². The van der Waals surface area contributed by atoms with Gasteiger partial charge in [-0.05, 0) is 43.0 Å². The molecule has 2 amide bonds. The Labute approximate surface area is 167 Å². The zero-order valence-electron chi connectivity index (χ0n) is 16.9. The highest BCUT2D eigenvalue weighted by molar-refractivity contribution is 8.00. The average Bonchev–Trinajstić information content (AvgIpc) is 3.07. The first-order chi connectivity index (χ1) is 13.0. The van der Waals surface area contributed by atoms with Gasteiger partial charge in [-0.2, -0.15) is 0 Å². The molecule has 0 radical (unpaired) electrons. The van der Waals surface area contributed by atoms with Crippen molar-refractivity contribution < 1.29 is 14.3 Å². The molecule has 1 saturated heterocycles. The number of nitrogens with zero attached hydrogens (tertiary/aromatic N) is 1. The van der Waals surface area contributed by atoms with Crippen LogP contribution < -0.4 is 10.1 Å². The number of thioether (sulfide) groups is 1. The van der Waals surface area contributed by atoms with E-state index in [1.807, 2.05) is 0 Å². The van der Waals surface area contributed by atoms with E-state index >= 15 is 0 Å². The Balaban J connectivity index is 2.14. The van der Waals surface area contributed by atoms with Crippen LogP contribution >= 0.6 is 11.8 Å². The largest absolute Gasteiger partial charge is 0.497 e. The summed E-state index contributed by atoms with van der Waals surface area (Å²) in [7, 11) is 1.60. The Morgan fingerprint density at radius 3 is 2.56 bits per heavy atom. The van der Waals surface area contributed by atoms with Crippen molar-refractivity contribution in [2.45, 2.75) is 57.9 Å². The van der Waals surface area contributed by atoms with Gasteiger partial charge in [0.15, 0.2) is 0 Å². The molecule has 6 heteroatoms. The topological polar surface area (TPSA) is 58.6 Å². The SMILES string of the molecule is CCCCCNC(=O)C1CSC(CC(C)C)N1C(=O)c1ccc(OC)cc1. The second kappa shape index (κ2) is 10.6. The summed E-state index contributed by atoms with van der Waals surface area (Å²) in [6, 6.07) is 6.70. The van der Waals surface area contributed by atoms with Crippen LogP contribution in [0.3, 0.4) is 0 Å². The van der Waals surface area contributed by atoms with Gasteiger partial charge >= 0.3 is 0 Å². The number of nitrogens with one attached hydrogen (secondary N) is 1. The lowest BCUT2D eigenvalue weighted by Crippen LogP contribution is -2.50. The van der Waals surface area contributed by atoms with E-state index in [0.29, 0.717) is 29.5 Å². The fourth-order valence-electron chi connectivity index (χ4n) is 3.21. The second-order valence-electron chi connectivity index (χ2n) is 7.37. The monoisotopic (exact) mass is 392 g/mol. The Kier molecular flexibility index (Phi) is 8.48. The smallest absolute Gasteiger partial charge is 0.255 e. The third-order valence-electron chi connectivity index (χ3n) is 4.72. The van der Waals surface area contributed by atoms with Crippen LogP contribution in [0.1, 0.15) is 56.8 Å². The molecule has 0 saturated carbocycles. The van der Waals surface area contributed by atoms with Gasteiger partial charge in [0, 0.05) is 17.9 Å². The number of unbranched alkanes of at least 4 members (excludes halogenated alkanes) is 2. The lowest BCUT2D eigenvalue weighted by atomic mass is 10.1. The zero-order chi connectivity index (χ0) is 19.8. The van der Waals surface area contributed by atoms with Crippen LogP contribution in [0.2, 0.25) is 0 Å². The van der Waals surface area contributed by atoms with E-state index in [1.54, 1.807) is 48.0 Å². The summed E-state index contributed by atoms with van der Waals surface area (Å²) in [5.41, 5.74) is 0.593. The molecule has 0 aliphatic carbocycles. The summed E-state index contributed by atoms with van der Waals surface area (Å²) in [6.45, 7) is 7.11. The minimum Gasteiger partial charge on any atom is -0.497 e. The van der Waals surface area contributed by atoms with Gasteiger partial charge in [-0.25, -0.2) is 0 Å². The predicted molar refractivity (Wildman–Crippen MR) is 111 cm³/mol. The maximum atomic E-state index is 13.2. The van der Waals surface area contributed by atoms with E-state index < -0.39 is 6.04 Å². The number of ether oxygens (including phenoxy) is 1. The van der Waals surface area contributed by atoms with Crippen LogP contribution in [-0.4, -0.2) is 47.5 Å². The Morgan fingerprint density at radius 2 is 1.96 bits per heavy atom. The summed E-state index contributed by atoms with van der Waals surface area (Å²) in [5.74, 6) is 1.71. The van der Waals surface area contributed by atoms with Crippen molar-refractivity contribution in [3.63, 3.8) is 0 Å². The molecular formula is C21H32N2O3S. The van der Waals surface area contributed by atoms with Crippen LogP contribution in [-0.2, 0) is 4.79 Å². The first-order valence-corrected chi connectivity index (χ1v) is 10.9. The van der Waals surface area contributed by atoms with E-state index in [0.717, 1.165) is 25.7 Å². The molecule has 2 rings (SSSR count). The van der Waals surface area contributed by atoms with Crippen molar-refractivity contribution in [2.75, 3.05) is 19.4 Å². The molecule has 0 aromatic heterocycles. The van der Waals surface area contributed by atoms with Crippen molar-refractivity contribution in [2.24, 2.45) is 5.92 Å². The molecule has 0 spiro atoms. The van der Waals surface area contributed by atoms with Gasteiger partial charge in [-0.3, -0.25) is 9.59 Å². The lowest BCUT2D eigenvalue weighted by molar-refractivity contribution is -0.124. The molecular weight excluding hydrogens is 360 g/mol. The van der Waals surface area contributed by atoms with Crippen molar-refractivity contribution >= 4 is 23.6 Å². The molecule has 1 N–H and O–H groups in total. The Hall–Kier alpha value is -1.69. The van der Waals surface area contributed by atoms with Gasteiger partial charge in [0.05, 0.1) is 12.5 Å². The van der Waals surface area contributed by atoms with Gasteiger partial charge in [-0.15, -0.1) is 11.8 Å². The number of carbonyl (C=O) groups is 2. The molecule has 0 bridgehead atoms. The highest BCUT2D eigenvalue weighted by Crippen LogP contribution is 2.35. The molecule has 2 unspecified atom stereocenters. The number of hydrogen-bond donors (Lipinski definition) is 1. The number of amides is 2. The maximum Gasteiger partial charge on any atom is 0.255 e. The average molecular weight is 393 g/mol. The minimum absolute atomic E-state index is 0.0333. The van der Waals surface area contributed by atoms with E-state index in [4.69, 9.17) is 4.74 Å². The first-order valence-electron chi connectivity index (χ1n) is 9.84. The molecule has 5 nitrogen and oxygen atoms in total. The van der Waals surface area contributed by atoms with Crippen molar-refractivity contribution in [1.82, 2.24) is 10.2 Å². The molecule has 27 heavy (non-hydrogen) atoms. The second-order valence-corrected chi connectivity index (χ2v) is 8.58. The third-order valence-corrected chi connectivity index (χ3v) is 6.03. The Morgan fingerprint density at radius 1 is 1.26 bits per heavy atom. The first kappa shape index (κ1) is 21.6. The molecule has 1 aromatic carbocycles. The van der Waals surface area contributed by atoms with E-state index in [2.05, 4.69) is 26.1 Å². The molecule has 1 aliphatic heterocycles. The number of hydrogen-bond acceptors (Lipinski definition) is 4. The quantitative estimate of drug-likeness (QED) is 0.647. The van der Waals surface area contributed by atoms with E-state index in [9.17, 15) is 9.59 Å². The molecule has 1 aliphatic rings. The summed E-state index contributed by atoms with van der Waals surface area (Å²) in [5, 5.41) is 3.06. The van der Waals surface area contributed by atoms with Crippen molar-refractivity contribution in [3.8, 4) is 5.75 Å². The molecule has 150 valence electrons.